The molecule has 0 atom stereocenters. The maximum absolute atomic E-state index is 9.69. The molecule has 5 aliphatic carbocycles. The average Bonchev–Trinajstić information content (AvgIpc) is 3.18. The summed E-state index contributed by atoms with van der Waals surface area (Å²) in [5.74, 6) is 5.19. The summed E-state index contributed by atoms with van der Waals surface area (Å²) >= 11 is 0. The number of fused-ring (bicyclic) bond motifs is 2. The van der Waals surface area contributed by atoms with E-state index in [1.807, 2.05) is 42.5 Å². The van der Waals surface area contributed by atoms with Gasteiger partial charge in [-0.1, -0.05) is 123 Å². The molecule has 4 bridgehead atoms. The van der Waals surface area contributed by atoms with Gasteiger partial charge < -0.3 is 0 Å². The van der Waals surface area contributed by atoms with Crippen LogP contribution in [-0.4, -0.2) is 15.0 Å². The Hall–Kier alpha value is -5.40. The monoisotopic (exact) mass is 660 g/mol. The third-order valence-electron chi connectivity index (χ3n) is 13.0. The average molecular weight is 661 g/mol. The second-order valence-electron chi connectivity index (χ2n) is 16.0. The molecular formula is C47H40N4. The molecular weight excluding hydrogens is 621 g/mol. The van der Waals surface area contributed by atoms with Crippen LogP contribution in [0.3, 0.4) is 0 Å². The van der Waals surface area contributed by atoms with Crippen molar-refractivity contribution in [2.45, 2.75) is 56.8 Å². The van der Waals surface area contributed by atoms with E-state index in [0.717, 1.165) is 39.7 Å². The first-order valence-corrected chi connectivity index (χ1v) is 18.6. The first-order valence-electron chi connectivity index (χ1n) is 18.6. The van der Waals surface area contributed by atoms with Gasteiger partial charge in [0, 0.05) is 27.5 Å². The molecule has 4 heteroatoms. The zero-order chi connectivity index (χ0) is 34.3. The largest absolute Gasteiger partial charge is 0.208 e. The van der Waals surface area contributed by atoms with E-state index in [-0.39, 0.29) is 10.8 Å². The highest BCUT2D eigenvalue weighted by molar-refractivity contribution is 5.74. The summed E-state index contributed by atoms with van der Waals surface area (Å²) < 4.78 is 0. The van der Waals surface area contributed by atoms with E-state index in [1.165, 1.54) is 43.2 Å². The summed E-state index contributed by atoms with van der Waals surface area (Å²) in [6, 6.07) is 45.1. The standard InChI is InChI=1S/C47H40N4/c1-46(2)39-14-8-9-15-40(39)47(36-23-29-22-30(25-36)26-37(47)24-29)41-21-20-34(27-42(41)46)45-50-43(32-10-4-3-5-11-32)49-44(51-45)33-18-16-31(17-19-33)38-13-7-6-12-35(38)28-48/h3-21,27,29-30,36-37H,22-26H2,1-2H3. The van der Waals surface area contributed by atoms with Crippen molar-refractivity contribution in [1.29, 1.82) is 5.26 Å². The minimum Gasteiger partial charge on any atom is -0.208 e. The van der Waals surface area contributed by atoms with Crippen molar-refractivity contribution in [3.63, 3.8) is 0 Å². The Morgan fingerprint density at radius 3 is 1.69 bits per heavy atom. The first-order chi connectivity index (χ1) is 24.9. The fraction of sp³-hybridized carbons (Fsp3) is 0.277. The summed E-state index contributed by atoms with van der Waals surface area (Å²) in [4.78, 5) is 15.4. The van der Waals surface area contributed by atoms with Crippen LogP contribution in [0.4, 0.5) is 0 Å². The van der Waals surface area contributed by atoms with Crippen LogP contribution in [-0.2, 0) is 10.8 Å². The van der Waals surface area contributed by atoms with Gasteiger partial charge in [-0.25, -0.2) is 15.0 Å². The van der Waals surface area contributed by atoms with Crippen molar-refractivity contribution in [1.82, 2.24) is 15.0 Å². The SMILES string of the molecule is CC1(C)c2ccccc2C2(c3ccc(-c4nc(-c5ccccc5)nc(-c5ccc(-c6ccccc6C#N)cc5)n4)cc31)C1CC3CC(C1)CC2C3. The van der Waals surface area contributed by atoms with Crippen LogP contribution in [0.1, 0.15) is 73.8 Å². The number of hydrogen-bond acceptors (Lipinski definition) is 4. The van der Waals surface area contributed by atoms with Crippen LogP contribution in [0.2, 0.25) is 0 Å². The zero-order valence-electron chi connectivity index (χ0n) is 29.2. The van der Waals surface area contributed by atoms with Gasteiger partial charge in [-0.2, -0.15) is 5.26 Å². The van der Waals surface area contributed by atoms with Crippen LogP contribution >= 0.6 is 0 Å². The Balaban J connectivity index is 1.13. The van der Waals surface area contributed by atoms with Crippen LogP contribution in [0.15, 0.2) is 121 Å². The Morgan fingerprint density at radius 1 is 0.510 bits per heavy atom. The second kappa shape index (κ2) is 11.3. The number of nitriles is 1. The number of benzene rings is 5. The van der Waals surface area contributed by atoms with Crippen molar-refractivity contribution in [3.05, 3.63) is 149 Å². The fourth-order valence-corrected chi connectivity index (χ4v) is 11.0. The van der Waals surface area contributed by atoms with E-state index in [9.17, 15) is 5.26 Å². The number of rotatable bonds is 4. The smallest absolute Gasteiger partial charge is 0.164 e. The van der Waals surface area contributed by atoms with Crippen molar-refractivity contribution in [2.24, 2.45) is 23.7 Å². The highest BCUT2D eigenvalue weighted by Gasteiger charge is 2.62. The molecule has 11 rings (SSSR count). The van der Waals surface area contributed by atoms with Crippen molar-refractivity contribution in [3.8, 4) is 51.4 Å². The maximum Gasteiger partial charge on any atom is 0.164 e. The van der Waals surface area contributed by atoms with Crippen molar-refractivity contribution < 1.29 is 0 Å². The molecule has 0 amide bonds. The molecule has 4 fully saturated rings. The number of hydrogen-bond donors (Lipinski definition) is 0. The van der Waals surface area contributed by atoms with E-state index in [2.05, 4.69) is 98.8 Å². The van der Waals surface area contributed by atoms with Crippen LogP contribution in [0.25, 0.3) is 45.3 Å². The lowest BCUT2D eigenvalue weighted by Gasteiger charge is -2.64. The molecule has 6 aromatic rings. The van der Waals surface area contributed by atoms with E-state index in [4.69, 9.17) is 15.0 Å². The predicted molar refractivity (Wildman–Crippen MR) is 203 cm³/mol. The predicted octanol–water partition coefficient (Wildman–Crippen LogP) is 10.8. The van der Waals surface area contributed by atoms with Gasteiger partial charge in [0.1, 0.15) is 0 Å². The van der Waals surface area contributed by atoms with Crippen LogP contribution in [0.5, 0.6) is 0 Å². The number of aromatic nitrogens is 3. The molecule has 1 heterocycles. The van der Waals surface area contributed by atoms with E-state index in [1.54, 1.807) is 11.1 Å². The van der Waals surface area contributed by atoms with Gasteiger partial charge in [-0.3, -0.25) is 0 Å². The third kappa shape index (κ3) is 4.53. The van der Waals surface area contributed by atoms with Gasteiger partial charge in [0.05, 0.1) is 11.6 Å². The molecule has 1 aromatic heterocycles. The van der Waals surface area contributed by atoms with Crippen LogP contribution in [0, 0.1) is 35.0 Å². The highest BCUT2D eigenvalue weighted by Crippen LogP contribution is 2.68. The molecule has 0 aliphatic heterocycles. The lowest BCUT2D eigenvalue weighted by atomic mass is 9.39. The van der Waals surface area contributed by atoms with Gasteiger partial charge in [0.25, 0.3) is 0 Å². The van der Waals surface area contributed by atoms with Gasteiger partial charge in [-0.15, -0.1) is 0 Å². The zero-order valence-corrected chi connectivity index (χ0v) is 29.2. The van der Waals surface area contributed by atoms with Crippen molar-refractivity contribution in [2.75, 3.05) is 0 Å². The van der Waals surface area contributed by atoms with Gasteiger partial charge in [0.2, 0.25) is 0 Å². The van der Waals surface area contributed by atoms with Gasteiger partial charge >= 0.3 is 0 Å². The maximum atomic E-state index is 9.69. The fourth-order valence-electron chi connectivity index (χ4n) is 11.0. The number of nitrogens with zero attached hydrogens (tertiary/aromatic N) is 4. The Labute approximate surface area is 300 Å². The lowest BCUT2D eigenvalue weighted by Crippen LogP contribution is -2.58. The Morgan fingerprint density at radius 2 is 1.02 bits per heavy atom. The lowest BCUT2D eigenvalue weighted by molar-refractivity contribution is -0.0443. The minimum atomic E-state index is -0.157. The first kappa shape index (κ1) is 30.4. The molecule has 4 nitrogen and oxygen atoms in total. The molecule has 0 saturated heterocycles. The van der Waals surface area contributed by atoms with E-state index < -0.39 is 0 Å². The second-order valence-corrected chi connectivity index (χ2v) is 16.0. The molecule has 4 saturated carbocycles. The summed E-state index contributed by atoms with van der Waals surface area (Å²) in [5, 5.41) is 9.69. The molecule has 5 aliphatic rings. The highest BCUT2D eigenvalue weighted by atomic mass is 15.0. The summed E-state index contributed by atoms with van der Waals surface area (Å²) in [6.45, 7) is 4.83. The van der Waals surface area contributed by atoms with E-state index >= 15 is 0 Å². The Bertz CT molecular complexity index is 2340. The normalized spacial score (nSPS) is 24.9. The summed E-state index contributed by atoms with van der Waals surface area (Å²) in [7, 11) is 0. The molecule has 51 heavy (non-hydrogen) atoms. The summed E-state index contributed by atoms with van der Waals surface area (Å²) in [6.07, 6.45) is 6.90. The molecule has 1 spiro atoms. The molecule has 248 valence electrons. The molecule has 0 unspecified atom stereocenters. The molecule has 5 aromatic carbocycles. The van der Waals surface area contributed by atoms with Gasteiger partial charge in [0.15, 0.2) is 17.5 Å². The Kier molecular flexibility index (Phi) is 6.74. The summed E-state index contributed by atoms with van der Waals surface area (Å²) in [5.41, 5.74) is 11.5. The third-order valence-corrected chi connectivity index (χ3v) is 13.0. The van der Waals surface area contributed by atoms with Crippen LogP contribution < -0.4 is 0 Å². The van der Waals surface area contributed by atoms with Crippen molar-refractivity contribution >= 4 is 0 Å². The molecule has 0 N–H and O–H groups in total. The molecule has 0 radical (unpaired) electrons. The minimum absolute atomic E-state index is 0.0821. The van der Waals surface area contributed by atoms with Gasteiger partial charge in [-0.05, 0) is 101 Å². The quantitative estimate of drug-likeness (QED) is 0.189. The topological polar surface area (TPSA) is 62.5 Å². The van der Waals surface area contributed by atoms with E-state index in [0.29, 0.717) is 34.9 Å².